The molecule has 2 aromatic carbocycles. The van der Waals surface area contributed by atoms with E-state index in [0.29, 0.717) is 17.7 Å². The van der Waals surface area contributed by atoms with Crippen molar-refractivity contribution in [3.05, 3.63) is 58.9 Å². The highest BCUT2D eigenvalue weighted by Crippen LogP contribution is 2.44. The van der Waals surface area contributed by atoms with Gasteiger partial charge in [0.1, 0.15) is 11.1 Å². The van der Waals surface area contributed by atoms with E-state index in [4.69, 9.17) is 5.26 Å². The second-order valence-corrected chi connectivity index (χ2v) is 10.3. The van der Waals surface area contributed by atoms with Crippen molar-refractivity contribution in [1.29, 1.82) is 5.26 Å². The highest BCUT2D eigenvalue weighted by Gasteiger charge is 2.58. The summed E-state index contributed by atoms with van der Waals surface area (Å²) in [5, 5.41) is 8.97. The molecule has 1 fully saturated rings. The Morgan fingerprint density at radius 2 is 1.77 bits per heavy atom. The Labute approximate surface area is 199 Å². The first-order valence-corrected chi connectivity index (χ1v) is 12.3. The lowest BCUT2D eigenvalue weighted by Crippen LogP contribution is -2.49. The molecular formula is C20H16F4N3O6S2-. The molecule has 1 aliphatic heterocycles. The van der Waals surface area contributed by atoms with Crippen LogP contribution in [0.5, 0.6) is 0 Å². The summed E-state index contributed by atoms with van der Waals surface area (Å²) in [6.07, 6.45) is -5.35. The summed E-state index contributed by atoms with van der Waals surface area (Å²) in [5.74, 6) is -3.60. The van der Waals surface area contributed by atoms with Crippen LogP contribution in [-0.4, -0.2) is 38.7 Å². The van der Waals surface area contributed by atoms with Crippen molar-refractivity contribution in [2.75, 3.05) is 9.80 Å². The molecule has 0 saturated carbocycles. The fraction of sp³-hybridized carbons (Fsp3) is 0.300. The topological polar surface area (TPSA) is 142 Å². The summed E-state index contributed by atoms with van der Waals surface area (Å²) in [4.78, 5) is 14.3. The average molecular weight is 534 g/mol. The molecule has 1 N–H and O–H groups in total. The molecule has 188 valence electrons. The van der Waals surface area contributed by atoms with E-state index in [9.17, 15) is 39.7 Å². The fourth-order valence-electron chi connectivity index (χ4n) is 3.85. The summed E-state index contributed by atoms with van der Waals surface area (Å²) in [5.41, 5.74) is -8.13. The number of amides is 1. The lowest BCUT2D eigenvalue weighted by atomic mass is 10.0. The van der Waals surface area contributed by atoms with Gasteiger partial charge in [0.15, 0.2) is 5.82 Å². The van der Waals surface area contributed by atoms with Gasteiger partial charge in [-0.3, -0.25) is 18.5 Å². The number of rotatable bonds is 5. The fourth-order valence-corrected chi connectivity index (χ4v) is 5.44. The van der Waals surface area contributed by atoms with Gasteiger partial charge in [-0.15, -0.1) is 0 Å². The molecule has 1 amide bonds. The first-order chi connectivity index (χ1) is 16.0. The lowest BCUT2D eigenvalue weighted by molar-refractivity contribution is -0.140. The van der Waals surface area contributed by atoms with Gasteiger partial charge in [-0.05, 0) is 43.7 Å². The maximum atomic E-state index is 15.1. The molecular weight excluding hydrogens is 518 g/mol. The van der Waals surface area contributed by atoms with E-state index in [1.807, 2.05) is 0 Å². The van der Waals surface area contributed by atoms with Crippen molar-refractivity contribution in [3.63, 3.8) is 0 Å². The molecule has 0 spiro atoms. The molecule has 3 rings (SSSR count). The molecule has 2 atom stereocenters. The Bertz CT molecular complexity index is 1350. The summed E-state index contributed by atoms with van der Waals surface area (Å²) in [6.45, 7) is 2.42. The van der Waals surface area contributed by atoms with Crippen LogP contribution in [-0.2, 0) is 37.9 Å². The van der Waals surface area contributed by atoms with E-state index >= 15 is 4.39 Å². The highest BCUT2D eigenvalue weighted by atomic mass is 32.2. The van der Waals surface area contributed by atoms with E-state index in [-0.39, 0.29) is 16.3 Å². The zero-order valence-electron chi connectivity index (χ0n) is 17.9. The molecule has 1 saturated heterocycles. The van der Waals surface area contributed by atoms with Gasteiger partial charge in [0.2, 0.25) is 5.50 Å². The van der Waals surface area contributed by atoms with Gasteiger partial charge in [-0.2, -0.15) is 26.9 Å². The molecule has 0 aliphatic carbocycles. The number of alkyl halides is 3. The SMILES string of the molecule is CC1(C)C(=O)N(c2ccc(C#N)c(C(F)(F)F)c2F)C(S(=O)(=O)O)N1c1ccc(CS(=O)[O-])cc1. The Hall–Kier alpha value is -3.06. The first-order valence-electron chi connectivity index (χ1n) is 9.55. The molecule has 0 radical (unpaired) electrons. The predicted molar refractivity (Wildman–Crippen MR) is 115 cm³/mol. The quantitative estimate of drug-likeness (QED) is 0.351. The van der Waals surface area contributed by atoms with E-state index < -0.39 is 67.0 Å². The first kappa shape index (κ1) is 26.5. The van der Waals surface area contributed by atoms with Crippen LogP contribution in [0.1, 0.15) is 30.5 Å². The zero-order chi connectivity index (χ0) is 26.5. The minimum Gasteiger partial charge on any atom is -0.772 e. The molecule has 0 aromatic heterocycles. The van der Waals surface area contributed by atoms with E-state index in [1.165, 1.54) is 44.2 Å². The highest BCUT2D eigenvalue weighted by molar-refractivity contribution is 7.86. The lowest BCUT2D eigenvalue weighted by Gasteiger charge is -2.34. The third-order valence-electron chi connectivity index (χ3n) is 5.34. The zero-order valence-corrected chi connectivity index (χ0v) is 19.5. The Morgan fingerprint density at radius 1 is 1.20 bits per heavy atom. The van der Waals surface area contributed by atoms with Crippen LogP contribution in [0.15, 0.2) is 36.4 Å². The van der Waals surface area contributed by atoms with Gasteiger partial charge in [0, 0.05) is 11.4 Å². The van der Waals surface area contributed by atoms with Crippen LogP contribution in [0.2, 0.25) is 0 Å². The average Bonchev–Trinajstić information content (AvgIpc) is 2.93. The standard InChI is InChI=1S/C20H17F4N3O6S2/c1-19(2)17(28)26(14-8-5-12(9-25)15(16(14)21)20(22,23)24)18(35(31,32)33)27(19)13-6-3-11(4-7-13)10-34(29)30/h3-8,18H,10H2,1-2H3,(H,29,30)(H,31,32,33)/p-1. The van der Waals surface area contributed by atoms with Crippen molar-refractivity contribution in [1.82, 2.24) is 0 Å². The minimum absolute atomic E-state index is 0.0287. The number of carbonyl (C=O) groups is 1. The number of halogens is 4. The van der Waals surface area contributed by atoms with Gasteiger partial charge >= 0.3 is 16.3 Å². The van der Waals surface area contributed by atoms with Crippen molar-refractivity contribution >= 4 is 38.5 Å². The number of nitriles is 1. The molecule has 1 aliphatic rings. The molecule has 15 heteroatoms. The van der Waals surface area contributed by atoms with Crippen LogP contribution in [0.4, 0.5) is 28.9 Å². The number of benzene rings is 2. The second-order valence-electron chi connectivity index (χ2n) is 7.99. The summed E-state index contributed by atoms with van der Waals surface area (Å²) in [7, 11) is -5.29. The normalized spacial score (nSPS) is 19.1. The van der Waals surface area contributed by atoms with Gasteiger partial charge in [-0.25, -0.2) is 4.39 Å². The van der Waals surface area contributed by atoms with Gasteiger partial charge in [0.25, 0.3) is 5.91 Å². The molecule has 0 bridgehead atoms. The van der Waals surface area contributed by atoms with E-state index in [1.54, 1.807) is 0 Å². The summed E-state index contributed by atoms with van der Waals surface area (Å²) < 4.78 is 112. The van der Waals surface area contributed by atoms with Gasteiger partial charge < -0.3 is 9.45 Å². The second kappa shape index (κ2) is 8.86. The van der Waals surface area contributed by atoms with Gasteiger partial charge in [-0.1, -0.05) is 23.2 Å². The maximum absolute atomic E-state index is 15.1. The minimum atomic E-state index is -5.35. The summed E-state index contributed by atoms with van der Waals surface area (Å²) >= 11 is -2.43. The van der Waals surface area contributed by atoms with E-state index in [2.05, 4.69) is 0 Å². The third kappa shape index (κ3) is 4.74. The largest absolute Gasteiger partial charge is 0.772 e. The third-order valence-corrected chi connectivity index (χ3v) is 6.86. The Morgan fingerprint density at radius 3 is 2.23 bits per heavy atom. The monoisotopic (exact) mass is 534 g/mol. The van der Waals surface area contributed by atoms with Crippen LogP contribution in [0, 0.1) is 17.1 Å². The van der Waals surface area contributed by atoms with Crippen molar-refractivity contribution in [2.24, 2.45) is 0 Å². The predicted octanol–water partition coefficient (Wildman–Crippen LogP) is 2.90. The van der Waals surface area contributed by atoms with Crippen molar-refractivity contribution in [2.45, 2.75) is 36.8 Å². The van der Waals surface area contributed by atoms with Crippen LogP contribution < -0.4 is 9.80 Å². The Balaban J connectivity index is 2.26. The van der Waals surface area contributed by atoms with Crippen LogP contribution in [0.3, 0.4) is 0 Å². The molecule has 2 aromatic rings. The molecule has 35 heavy (non-hydrogen) atoms. The van der Waals surface area contributed by atoms with E-state index in [0.717, 1.165) is 4.90 Å². The maximum Gasteiger partial charge on any atom is 0.420 e. The molecule has 2 unspecified atom stereocenters. The number of hydrogen-bond acceptors (Lipinski definition) is 7. The smallest absolute Gasteiger partial charge is 0.420 e. The number of hydrogen-bond donors (Lipinski definition) is 1. The number of nitrogens with zero attached hydrogens (tertiary/aromatic N) is 3. The number of anilines is 2. The Kier molecular flexibility index (Phi) is 6.72. The van der Waals surface area contributed by atoms with Crippen molar-refractivity contribution < 1.29 is 44.1 Å². The summed E-state index contributed by atoms with van der Waals surface area (Å²) in [6, 6.07) is 7.53. The number of carbonyl (C=O) groups excluding carboxylic acids is 1. The van der Waals surface area contributed by atoms with Crippen LogP contribution >= 0.6 is 0 Å². The van der Waals surface area contributed by atoms with Gasteiger partial charge in [0.05, 0.1) is 17.3 Å². The molecule has 9 nitrogen and oxygen atoms in total. The van der Waals surface area contributed by atoms with Crippen LogP contribution in [0.25, 0.3) is 0 Å². The van der Waals surface area contributed by atoms with Crippen molar-refractivity contribution in [3.8, 4) is 6.07 Å². The molecule has 1 heterocycles.